The minimum atomic E-state index is 0.717. The highest BCUT2D eigenvalue weighted by molar-refractivity contribution is 5.03. The molecule has 2 fully saturated rings. The van der Waals surface area contributed by atoms with Crippen LogP contribution in [0.1, 0.15) is 39.5 Å². The van der Waals surface area contributed by atoms with E-state index < -0.39 is 0 Å². The van der Waals surface area contributed by atoms with Crippen molar-refractivity contribution in [3.63, 3.8) is 0 Å². The van der Waals surface area contributed by atoms with E-state index >= 15 is 0 Å². The molecule has 1 saturated heterocycles. The summed E-state index contributed by atoms with van der Waals surface area (Å²) in [5.41, 5.74) is 1.38. The minimum absolute atomic E-state index is 0.717. The molecule has 0 spiro atoms. The zero-order valence-corrected chi connectivity index (χ0v) is 10.9. The van der Waals surface area contributed by atoms with Crippen molar-refractivity contribution in [1.29, 1.82) is 0 Å². The Morgan fingerprint density at radius 2 is 1.94 bits per heavy atom. The van der Waals surface area contributed by atoms with Gasteiger partial charge in [-0.15, -0.1) is 0 Å². The molecular weight excluding hydrogens is 196 g/mol. The van der Waals surface area contributed by atoms with Crippen LogP contribution in [0.15, 0.2) is 12.3 Å². The Hall–Kier alpha value is -0.500. The molecule has 0 aromatic rings. The van der Waals surface area contributed by atoms with Crippen LogP contribution < -0.4 is 0 Å². The summed E-state index contributed by atoms with van der Waals surface area (Å²) in [7, 11) is 0. The van der Waals surface area contributed by atoms with Crippen molar-refractivity contribution in [3.05, 3.63) is 12.3 Å². The van der Waals surface area contributed by atoms with Crippen molar-refractivity contribution >= 4 is 0 Å². The lowest BCUT2D eigenvalue weighted by molar-refractivity contribution is 0.162. The standard InChI is InChI=1S/C14H26N2/c1-4-15(5-2)12(3)13-7-6-10-16(11-13)14-8-9-14/h13-14H,3-11H2,1-2H3. The van der Waals surface area contributed by atoms with Crippen molar-refractivity contribution < 1.29 is 0 Å². The van der Waals surface area contributed by atoms with E-state index in [0.717, 1.165) is 19.1 Å². The maximum absolute atomic E-state index is 4.33. The highest BCUT2D eigenvalue weighted by Gasteiger charge is 2.33. The SMILES string of the molecule is C=C(C1CCCN(C2CC2)C1)N(CC)CC. The predicted molar refractivity (Wildman–Crippen MR) is 69.4 cm³/mol. The van der Waals surface area contributed by atoms with Crippen LogP contribution in [-0.2, 0) is 0 Å². The van der Waals surface area contributed by atoms with Gasteiger partial charge in [-0.3, -0.25) is 4.90 Å². The van der Waals surface area contributed by atoms with E-state index in [9.17, 15) is 0 Å². The van der Waals surface area contributed by atoms with Crippen LogP contribution in [0.2, 0.25) is 0 Å². The molecule has 16 heavy (non-hydrogen) atoms. The van der Waals surface area contributed by atoms with Crippen LogP contribution >= 0.6 is 0 Å². The number of likely N-dealkylation sites (tertiary alicyclic amines) is 1. The summed E-state index contributed by atoms with van der Waals surface area (Å²) in [6, 6.07) is 0.923. The first-order valence-corrected chi connectivity index (χ1v) is 6.94. The summed E-state index contributed by atoms with van der Waals surface area (Å²) in [5.74, 6) is 0.717. The first-order chi connectivity index (χ1) is 7.76. The Bertz CT molecular complexity index is 241. The molecular formula is C14H26N2. The van der Waals surface area contributed by atoms with Gasteiger partial charge in [0.1, 0.15) is 0 Å². The minimum Gasteiger partial charge on any atom is -0.376 e. The molecule has 0 radical (unpaired) electrons. The van der Waals surface area contributed by atoms with Crippen LogP contribution in [0.4, 0.5) is 0 Å². The molecule has 0 N–H and O–H groups in total. The van der Waals surface area contributed by atoms with Gasteiger partial charge in [0.05, 0.1) is 0 Å². The molecule has 0 amide bonds. The summed E-state index contributed by atoms with van der Waals surface area (Å²) >= 11 is 0. The smallest absolute Gasteiger partial charge is 0.0146 e. The number of hydrogen-bond donors (Lipinski definition) is 0. The molecule has 2 aliphatic rings. The molecule has 1 unspecified atom stereocenters. The maximum atomic E-state index is 4.33. The third kappa shape index (κ3) is 2.60. The molecule has 2 rings (SSSR count). The number of piperidine rings is 1. The van der Waals surface area contributed by atoms with E-state index in [2.05, 4.69) is 30.2 Å². The molecule has 0 aromatic carbocycles. The first-order valence-electron chi connectivity index (χ1n) is 6.94. The Morgan fingerprint density at radius 3 is 2.50 bits per heavy atom. The Balaban J connectivity index is 1.89. The van der Waals surface area contributed by atoms with Crippen LogP contribution in [-0.4, -0.2) is 42.0 Å². The van der Waals surface area contributed by atoms with Gasteiger partial charge >= 0.3 is 0 Å². The Morgan fingerprint density at radius 1 is 1.25 bits per heavy atom. The van der Waals surface area contributed by atoms with Gasteiger partial charge in [0.25, 0.3) is 0 Å². The third-order valence-electron chi connectivity index (χ3n) is 4.16. The molecule has 1 heterocycles. The van der Waals surface area contributed by atoms with E-state index in [4.69, 9.17) is 0 Å². The zero-order valence-electron chi connectivity index (χ0n) is 10.9. The third-order valence-corrected chi connectivity index (χ3v) is 4.16. The Labute approximate surface area is 100 Å². The highest BCUT2D eigenvalue weighted by atomic mass is 15.2. The number of rotatable bonds is 5. The molecule has 1 aliphatic carbocycles. The highest BCUT2D eigenvalue weighted by Crippen LogP contribution is 2.33. The quantitative estimate of drug-likeness (QED) is 0.706. The van der Waals surface area contributed by atoms with Crippen molar-refractivity contribution in [2.75, 3.05) is 26.2 Å². The first kappa shape index (κ1) is 12.0. The van der Waals surface area contributed by atoms with Crippen molar-refractivity contribution in [2.45, 2.75) is 45.6 Å². The maximum Gasteiger partial charge on any atom is 0.0146 e. The van der Waals surface area contributed by atoms with E-state index in [-0.39, 0.29) is 0 Å². The lowest BCUT2D eigenvalue weighted by Gasteiger charge is -2.37. The van der Waals surface area contributed by atoms with Crippen LogP contribution in [0.25, 0.3) is 0 Å². The van der Waals surface area contributed by atoms with Crippen molar-refractivity contribution in [1.82, 2.24) is 9.80 Å². The van der Waals surface area contributed by atoms with Gasteiger partial charge in [0.2, 0.25) is 0 Å². The van der Waals surface area contributed by atoms with E-state index in [1.54, 1.807) is 0 Å². The fraction of sp³-hybridized carbons (Fsp3) is 0.857. The van der Waals surface area contributed by atoms with Gasteiger partial charge in [-0.25, -0.2) is 0 Å². The average Bonchev–Trinajstić information content (AvgIpc) is 3.14. The van der Waals surface area contributed by atoms with Gasteiger partial charge in [-0.05, 0) is 46.1 Å². The largest absolute Gasteiger partial charge is 0.376 e. The molecule has 0 bridgehead atoms. The van der Waals surface area contributed by atoms with E-state index in [1.165, 1.54) is 44.5 Å². The number of hydrogen-bond acceptors (Lipinski definition) is 2. The summed E-state index contributed by atoms with van der Waals surface area (Å²) in [4.78, 5) is 5.13. The normalized spacial score (nSPS) is 26.8. The van der Waals surface area contributed by atoms with Crippen LogP contribution in [0, 0.1) is 5.92 Å². The predicted octanol–water partition coefficient (Wildman–Crippen LogP) is 2.72. The second kappa shape index (κ2) is 5.22. The van der Waals surface area contributed by atoms with Gasteiger partial charge in [0, 0.05) is 37.3 Å². The fourth-order valence-electron chi connectivity index (χ4n) is 2.94. The van der Waals surface area contributed by atoms with Gasteiger partial charge in [-0.2, -0.15) is 0 Å². The second-order valence-electron chi connectivity index (χ2n) is 5.23. The lowest BCUT2D eigenvalue weighted by atomic mass is 9.94. The molecule has 0 aromatic heterocycles. The van der Waals surface area contributed by atoms with Crippen molar-refractivity contribution in [2.24, 2.45) is 5.92 Å². The molecule has 1 saturated carbocycles. The molecule has 1 atom stereocenters. The lowest BCUT2D eigenvalue weighted by Crippen LogP contribution is -2.40. The van der Waals surface area contributed by atoms with E-state index in [1.807, 2.05) is 0 Å². The van der Waals surface area contributed by atoms with E-state index in [0.29, 0.717) is 5.92 Å². The average molecular weight is 222 g/mol. The van der Waals surface area contributed by atoms with Gasteiger partial charge in [0.15, 0.2) is 0 Å². The summed E-state index contributed by atoms with van der Waals surface area (Å²) in [6.07, 6.45) is 5.58. The summed E-state index contributed by atoms with van der Waals surface area (Å²) < 4.78 is 0. The van der Waals surface area contributed by atoms with Crippen LogP contribution in [0.3, 0.4) is 0 Å². The topological polar surface area (TPSA) is 6.48 Å². The van der Waals surface area contributed by atoms with Gasteiger partial charge in [-0.1, -0.05) is 6.58 Å². The molecule has 2 heteroatoms. The summed E-state index contributed by atoms with van der Waals surface area (Å²) in [5, 5.41) is 0. The van der Waals surface area contributed by atoms with Crippen LogP contribution in [0.5, 0.6) is 0 Å². The molecule has 2 nitrogen and oxygen atoms in total. The Kier molecular flexibility index (Phi) is 3.91. The molecule has 1 aliphatic heterocycles. The molecule has 92 valence electrons. The zero-order chi connectivity index (χ0) is 11.5. The monoisotopic (exact) mass is 222 g/mol. The van der Waals surface area contributed by atoms with Gasteiger partial charge < -0.3 is 4.90 Å². The fourth-order valence-corrected chi connectivity index (χ4v) is 2.94. The second-order valence-corrected chi connectivity index (χ2v) is 5.23. The number of nitrogens with zero attached hydrogens (tertiary/aromatic N) is 2. The van der Waals surface area contributed by atoms with Crippen molar-refractivity contribution in [3.8, 4) is 0 Å². The summed E-state index contributed by atoms with van der Waals surface area (Å²) in [6.45, 7) is 13.6.